The number of aryl methyl sites for hydroxylation is 1. The SMILES string of the molecule is Cc1cccc(F)c1NCc1cccc(OC(F)(F)F)c1. The van der Waals surface area contributed by atoms with Gasteiger partial charge in [0.25, 0.3) is 0 Å². The van der Waals surface area contributed by atoms with Gasteiger partial charge in [-0.15, -0.1) is 13.2 Å². The second kappa shape index (κ2) is 6.03. The Labute approximate surface area is 119 Å². The molecule has 0 radical (unpaired) electrons. The fourth-order valence-electron chi connectivity index (χ4n) is 1.90. The van der Waals surface area contributed by atoms with Crippen molar-refractivity contribution >= 4 is 5.69 Å². The molecule has 112 valence electrons. The third kappa shape index (κ3) is 4.37. The number of benzene rings is 2. The number of alkyl halides is 3. The maximum absolute atomic E-state index is 13.6. The molecule has 6 heteroatoms. The molecule has 2 aromatic rings. The highest BCUT2D eigenvalue weighted by atomic mass is 19.4. The largest absolute Gasteiger partial charge is 0.573 e. The van der Waals surface area contributed by atoms with E-state index in [-0.39, 0.29) is 12.3 Å². The van der Waals surface area contributed by atoms with Crippen molar-refractivity contribution in [2.75, 3.05) is 5.32 Å². The van der Waals surface area contributed by atoms with Crippen LogP contribution < -0.4 is 10.1 Å². The van der Waals surface area contributed by atoms with E-state index < -0.39 is 12.2 Å². The average Bonchev–Trinajstić information content (AvgIpc) is 2.36. The summed E-state index contributed by atoms with van der Waals surface area (Å²) in [4.78, 5) is 0. The van der Waals surface area contributed by atoms with Crippen LogP contribution in [-0.4, -0.2) is 6.36 Å². The molecule has 0 bridgehead atoms. The molecular weight excluding hydrogens is 286 g/mol. The van der Waals surface area contributed by atoms with Gasteiger partial charge in [0.1, 0.15) is 11.6 Å². The zero-order valence-electron chi connectivity index (χ0n) is 11.2. The van der Waals surface area contributed by atoms with Gasteiger partial charge in [-0.05, 0) is 36.2 Å². The molecule has 0 atom stereocenters. The second-order valence-electron chi connectivity index (χ2n) is 4.48. The third-order valence-electron chi connectivity index (χ3n) is 2.82. The van der Waals surface area contributed by atoms with E-state index in [1.54, 1.807) is 25.1 Å². The molecule has 0 aliphatic rings. The number of anilines is 1. The van der Waals surface area contributed by atoms with Crippen LogP contribution in [0.1, 0.15) is 11.1 Å². The molecule has 0 saturated heterocycles. The summed E-state index contributed by atoms with van der Waals surface area (Å²) in [5, 5.41) is 2.88. The summed E-state index contributed by atoms with van der Waals surface area (Å²) in [6.45, 7) is 1.94. The van der Waals surface area contributed by atoms with E-state index in [1.165, 1.54) is 24.3 Å². The molecule has 0 saturated carbocycles. The first-order valence-corrected chi connectivity index (χ1v) is 6.19. The highest BCUT2D eigenvalue weighted by molar-refractivity contribution is 5.52. The van der Waals surface area contributed by atoms with E-state index in [1.807, 2.05) is 0 Å². The number of hydrogen-bond donors (Lipinski definition) is 1. The summed E-state index contributed by atoms with van der Waals surface area (Å²) in [6.07, 6.45) is -4.73. The highest BCUT2D eigenvalue weighted by Gasteiger charge is 2.31. The standard InChI is InChI=1S/C15H13F4NO/c1-10-4-2-7-13(16)14(10)20-9-11-5-3-6-12(8-11)21-15(17,18)19/h2-8,20H,9H2,1H3. The van der Waals surface area contributed by atoms with Gasteiger partial charge in [0.2, 0.25) is 0 Å². The Hall–Kier alpha value is -2.24. The monoisotopic (exact) mass is 299 g/mol. The number of para-hydroxylation sites is 1. The van der Waals surface area contributed by atoms with E-state index >= 15 is 0 Å². The molecule has 0 fully saturated rings. The van der Waals surface area contributed by atoms with Crippen LogP contribution in [0.25, 0.3) is 0 Å². The lowest BCUT2D eigenvalue weighted by Crippen LogP contribution is -2.17. The van der Waals surface area contributed by atoms with Gasteiger partial charge in [0.05, 0.1) is 5.69 Å². The first-order valence-electron chi connectivity index (χ1n) is 6.19. The minimum Gasteiger partial charge on any atom is -0.406 e. The van der Waals surface area contributed by atoms with Gasteiger partial charge >= 0.3 is 6.36 Å². The van der Waals surface area contributed by atoms with Gasteiger partial charge in [-0.3, -0.25) is 0 Å². The lowest BCUT2D eigenvalue weighted by atomic mass is 10.1. The molecule has 1 N–H and O–H groups in total. The molecule has 0 unspecified atom stereocenters. The van der Waals surface area contributed by atoms with Crippen molar-refractivity contribution in [3.8, 4) is 5.75 Å². The van der Waals surface area contributed by atoms with E-state index in [0.717, 1.165) is 5.56 Å². The second-order valence-corrected chi connectivity index (χ2v) is 4.48. The molecule has 0 spiro atoms. The Kier molecular flexibility index (Phi) is 4.35. The van der Waals surface area contributed by atoms with Crippen LogP contribution in [0.4, 0.5) is 23.2 Å². The number of halogens is 4. The van der Waals surface area contributed by atoms with Crippen LogP contribution in [0, 0.1) is 12.7 Å². The van der Waals surface area contributed by atoms with Crippen molar-refractivity contribution in [1.82, 2.24) is 0 Å². The zero-order valence-corrected chi connectivity index (χ0v) is 11.2. The Balaban J connectivity index is 2.09. The van der Waals surface area contributed by atoms with Crippen molar-refractivity contribution in [2.24, 2.45) is 0 Å². The van der Waals surface area contributed by atoms with Crippen LogP contribution in [0.3, 0.4) is 0 Å². The molecule has 0 heterocycles. The minimum absolute atomic E-state index is 0.191. The van der Waals surface area contributed by atoms with E-state index in [0.29, 0.717) is 11.3 Å². The normalized spacial score (nSPS) is 11.3. The molecule has 0 aliphatic carbocycles. The predicted molar refractivity (Wildman–Crippen MR) is 71.6 cm³/mol. The van der Waals surface area contributed by atoms with Crippen LogP contribution in [0.5, 0.6) is 5.75 Å². The minimum atomic E-state index is -4.73. The van der Waals surface area contributed by atoms with Gasteiger partial charge in [-0.25, -0.2) is 4.39 Å². The van der Waals surface area contributed by atoms with Crippen LogP contribution in [0.2, 0.25) is 0 Å². The molecule has 21 heavy (non-hydrogen) atoms. The van der Waals surface area contributed by atoms with E-state index in [2.05, 4.69) is 10.1 Å². The van der Waals surface area contributed by atoms with Gasteiger partial charge in [0, 0.05) is 6.54 Å². The first kappa shape index (κ1) is 15.2. The quantitative estimate of drug-likeness (QED) is 0.830. The Bertz CT molecular complexity index is 605. The Morgan fingerprint density at radius 2 is 1.81 bits per heavy atom. The lowest BCUT2D eigenvalue weighted by Gasteiger charge is -2.12. The maximum Gasteiger partial charge on any atom is 0.573 e. The molecular formula is C15H13F4NO. The number of hydrogen-bond acceptors (Lipinski definition) is 2. The predicted octanol–water partition coefficient (Wildman–Crippen LogP) is 4.64. The van der Waals surface area contributed by atoms with Crippen molar-refractivity contribution in [1.29, 1.82) is 0 Å². The summed E-state index contributed by atoms with van der Waals surface area (Å²) in [7, 11) is 0. The van der Waals surface area contributed by atoms with Gasteiger partial charge in [-0.1, -0.05) is 24.3 Å². The lowest BCUT2D eigenvalue weighted by molar-refractivity contribution is -0.274. The number of nitrogens with one attached hydrogen (secondary N) is 1. The maximum atomic E-state index is 13.6. The molecule has 2 aromatic carbocycles. The van der Waals surface area contributed by atoms with Crippen LogP contribution in [0.15, 0.2) is 42.5 Å². The first-order chi connectivity index (χ1) is 9.85. The topological polar surface area (TPSA) is 21.3 Å². The van der Waals surface area contributed by atoms with E-state index in [9.17, 15) is 17.6 Å². The van der Waals surface area contributed by atoms with Crippen LogP contribution >= 0.6 is 0 Å². The van der Waals surface area contributed by atoms with Crippen molar-refractivity contribution < 1.29 is 22.3 Å². The van der Waals surface area contributed by atoms with Crippen LogP contribution in [-0.2, 0) is 6.54 Å². The average molecular weight is 299 g/mol. The number of rotatable bonds is 4. The third-order valence-corrected chi connectivity index (χ3v) is 2.82. The molecule has 2 rings (SSSR count). The Morgan fingerprint density at radius 3 is 2.48 bits per heavy atom. The summed E-state index contributed by atoms with van der Waals surface area (Å²) in [5.74, 6) is -0.704. The molecule has 2 nitrogen and oxygen atoms in total. The van der Waals surface area contributed by atoms with Crippen molar-refractivity contribution in [2.45, 2.75) is 19.8 Å². The smallest absolute Gasteiger partial charge is 0.406 e. The molecule has 0 aromatic heterocycles. The molecule has 0 aliphatic heterocycles. The van der Waals surface area contributed by atoms with Crippen molar-refractivity contribution in [3.05, 3.63) is 59.4 Å². The van der Waals surface area contributed by atoms with Gasteiger partial charge in [0.15, 0.2) is 0 Å². The Morgan fingerprint density at radius 1 is 1.10 bits per heavy atom. The number of ether oxygens (including phenoxy) is 1. The summed E-state index contributed by atoms with van der Waals surface area (Å²) >= 11 is 0. The fourth-order valence-corrected chi connectivity index (χ4v) is 1.90. The zero-order chi connectivity index (χ0) is 15.5. The van der Waals surface area contributed by atoms with Crippen molar-refractivity contribution in [3.63, 3.8) is 0 Å². The van der Waals surface area contributed by atoms with Gasteiger partial charge < -0.3 is 10.1 Å². The molecule has 0 amide bonds. The summed E-state index contributed by atoms with van der Waals surface area (Å²) in [6, 6.07) is 10.2. The fraction of sp³-hybridized carbons (Fsp3) is 0.200. The summed E-state index contributed by atoms with van der Waals surface area (Å²) < 4.78 is 53.9. The van der Waals surface area contributed by atoms with E-state index in [4.69, 9.17) is 0 Å². The summed E-state index contributed by atoms with van der Waals surface area (Å²) in [5.41, 5.74) is 1.61. The highest BCUT2D eigenvalue weighted by Crippen LogP contribution is 2.24. The van der Waals surface area contributed by atoms with Gasteiger partial charge in [-0.2, -0.15) is 0 Å².